The first kappa shape index (κ1) is 17.0. The summed E-state index contributed by atoms with van der Waals surface area (Å²) < 4.78 is 24.9. The van der Waals surface area contributed by atoms with E-state index in [2.05, 4.69) is 4.98 Å². The van der Waals surface area contributed by atoms with Crippen molar-refractivity contribution in [3.63, 3.8) is 0 Å². The number of aliphatic hydroxyl groups is 1. The number of hydrogen-bond acceptors (Lipinski definition) is 4. The molecule has 23 heavy (non-hydrogen) atoms. The molecule has 1 aromatic rings. The topological polar surface area (TPSA) is 82.5 Å². The van der Waals surface area contributed by atoms with Crippen molar-refractivity contribution in [3.05, 3.63) is 70.4 Å². The molecule has 6 heteroatoms. The van der Waals surface area contributed by atoms with Gasteiger partial charge in [0, 0.05) is 11.8 Å². The zero-order valence-electron chi connectivity index (χ0n) is 12.9. The van der Waals surface area contributed by atoms with Gasteiger partial charge >= 0.3 is 5.03 Å². The zero-order valence-corrected chi connectivity index (χ0v) is 13.7. The second-order valence-corrected chi connectivity index (χ2v) is 7.58. The number of nitrogens with zero attached hydrogens (tertiary/aromatic N) is 2. The van der Waals surface area contributed by atoms with Crippen LogP contribution in [0.1, 0.15) is 26.2 Å². The predicted octanol–water partition coefficient (Wildman–Crippen LogP) is 4.34. The Morgan fingerprint density at radius 2 is 1.87 bits per heavy atom. The Hall–Kier alpha value is -2.39. The van der Waals surface area contributed by atoms with E-state index in [0.29, 0.717) is 6.42 Å². The minimum absolute atomic E-state index is 0.0250. The Balaban J connectivity index is 2.26. The highest BCUT2D eigenvalue weighted by atomic mass is 32.2. The van der Waals surface area contributed by atoms with Crippen molar-refractivity contribution in [1.82, 2.24) is 0 Å². The molecule has 0 heterocycles. The van der Waals surface area contributed by atoms with Gasteiger partial charge in [0.25, 0.3) is 9.84 Å². The summed E-state index contributed by atoms with van der Waals surface area (Å²) in [6.07, 6.45) is 9.59. The lowest BCUT2D eigenvalue weighted by Crippen LogP contribution is -2.13. The molecule has 0 saturated heterocycles. The number of aliphatic hydroxyl groups excluding tert-OH is 1. The van der Waals surface area contributed by atoms with Crippen LogP contribution < -0.4 is 0 Å². The Bertz CT molecular complexity index is 788. The highest BCUT2D eigenvalue weighted by Gasteiger charge is 2.37. The molecule has 0 unspecified atom stereocenters. The Morgan fingerprint density at radius 3 is 2.43 bits per heavy atom. The molecular formula is C17H19N2O3S+. The van der Waals surface area contributed by atoms with E-state index < -0.39 is 20.6 Å². The van der Waals surface area contributed by atoms with E-state index in [1.165, 1.54) is 12.1 Å². The van der Waals surface area contributed by atoms with Crippen molar-refractivity contribution >= 4 is 9.84 Å². The van der Waals surface area contributed by atoms with Crippen LogP contribution in [0.4, 0.5) is 0 Å². The molecule has 0 amide bonds. The molecule has 0 aliphatic heterocycles. The fourth-order valence-corrected chi connectivity index (χ4v) is 3.71. The predicted molar refractivity (Wildman–Crippen MR) is 88.6 cm³/mol. The molecule has 0 bridgehead atoms. The lowest BCUT2D eigenvalue weighted by Gasteiger charge is -2.23. The quantitative estimate of drug-likeness (QED) is 0.494. The summed E-state index contributed by atoms with van der Waals surface area (Å²) in [5.41, 5.74) is -0.247. The van der Waals surface area contributed by atoms with Gasteiger partial charge in [0.2, 0.25) is 11.2 Å². The van der Waals surface area contributed by atoms with E-state index in [-0.39, 0.29) is 16.7 Å². The number of sulfone groups is 1. The molecule has 1 aliphatic carbocycles. The highest BCUT2D eigenvalue weighted by molar-refractivity contribution is 7.95. The molecule has 0 spiro atoms. The van der Waals surface area contributed by atoms with Crippen molar-refractivity contribution in [3.8, 4) is 0 Å². The smallest absolute Gasteiger partial charge is 0.504 e. The van der Waals surface area contributed by atoms with Gasteiger partial charge in [0.15, 0.2) is 4.98 Å². The van der Waals surface area contributed by atoms with Gasteiger partial charge in [-0.25, -0.2) is 8.42 Å². The van der Waals surface area contributed by atoms with Gasteiger partial charge < -0.3 is 5.11 Å². The standard InChI is InChI=1S/C17H18N2O3S/c1-17(11-6-3-7-12-17)13-10-15(20)16(19-18)23(21,22)14-8-4-2-5-9-14/h2,4-9,11-12H,3,10,13H2,1H3/p+1/b16-15-. The first-order valence-corrected chi connectivity index (χ1v) is 8.80. The van der Waals surface area contributed by atoms with Crippen LogP contribution in [0.25, 0.3) is 4.98 Å². The normalized spacial score (nSPS) is 17.4. The molecule has 2 rings (SSSR count). The van der Waals surface area contributed by atoms with Gasteiger partial charge in [-0.2, -0.15) is 0 Å². The first-order valence-electron chi connectivity index (χ1n) is 7.32. The van der Waals surface area contributed by atoms with Crippen LogP contribution in [-0.4, -0.2) is 13.5 Å². The van der Waals surface area contributed by atoms with E-state index in [0.717, 1.165) is 6.42 Å². The third-order valence-corrected chi connectivity index (χ3v) is 5.53. The van der Waals surface area contributed by atoms with Crippen molar-refractivity contribution in [2.45, 2.75) is 31.1 Å². The minimum Gasteiger partial charge on any atom is -0.504 e. The lowest BCUT2D eigenvalue weighted by molar-refractivity contribution is 0.357. The second-order valence-electron chi connectivity index (χ2n) is 5.71. The van der Waals surface area contributed by atoms with Crippen LogP contribution in [0, 0.1) is 10.8 Å². The summed E-state index contributed by atoms with van der Waals surface area (Å²) in [4.78, 5) is 2.80. The van der Waals surface area contributed by atoms with E-state index >= 15 is 0 Å². The Labute approximate surface area is 136 Å². The van der Waals surface area contributed by atoms with E-state index in [4.69, 9.17) is 5.39 Å². The highest BCUT2D eigenvalue weighted by Crippen LogP contribution is 2.33. The van der Waals surface area contributed by atoms with Crippen molar-refractivity contribution < 1.29 is 13.5 Å². The summed E-state index contributed by atoms with van der Waals surface area (Å²) in [7, 11) is -4.05. The summed E-state index contributed by atoms with van der Waals surface area (Å²) in [6, 6.07) is 7.60. The SMILES string of the molecule is CC1(CC/C(O)=C(\[N+]#N)S(=O)(=O)c2ccccc2)C=CCC=C1. The van der Waals surface area contributed by atoms with Crippen LogP contribution in [0.2, 0.25) is 0 Å². The molecular weight excluding hydrogens is 312 g/mol. The molecule has 120 valence electrons. The molecule has 1 aromatic carbocycles. The number of rotatable bonds is 5. The molecule has 0 saturated carbocycles. The number of diazo groups is 1. The molecule has 0 radical (unpaired) electrons. The molecule has 0 aromatic heterocycles. The van der Waals surface area contributed by atoms with Crippen LogP contribution >= 0.6 is 0 Å². The summed E-state index contributed by atoms with van der Waals surface area (Å²) in [6.45, 7) is 1.99. The van der Waals surface area contributed by atoms with Gasteiger partial charge in [-0.15, -0.1) is 0 Å². The third-order valence-electron chi connectivity index (χ3n) is 3.82. The van der Waals surface area contributed by atoms with Crippen molar-refractivity contribution in [1.29, 1.82) is 5.39 Å². The fourth-order valence-electron chi connectivity index (χ4n) is 2.45. The monoisotopic (exact) mass is 331 g/mol. The van der Waals surface area contributed by atoms with Crippen molar-refractivity contribution in [2.75, 3.05) is 0 Å². The fraction of sp³-hybridized carbons (Fsp3) is 0.294. The molecule has 5 nitrogen and oxygen atoms in total. The first-order chi connectivity index (χ1) is 10.9. The number of hydrogen-bond donors (Lipinski definition) is 1. The summed E-state index contributed by atoms with van der Waals surface area (Å²) in [5.74, 6) is -0.440. The zero-order chi connectivity index (χ0) is 16.9. The van der Waals surface area contributed by atoms with E-state index in [1.807, 2.05) is 31.2 Å². The van der Waals surface area contributed by atoms with Crippen LogP contribution in [-0.2, 0) is 9.84 Å². The van der Waals surface area contributed by atoms with Gasteiger partial charge in [-0.1, -0.05) is 49.4 Å². The van der Waals surface area contributed by atoms with Crippen LogP contribution in [0.15, 0.2) is 70.3 Å². The summed E-state index contributed by atoms with van der Waals surface area (Å²) >= 11 is 0. The minimum atomic E-state index is -4.05. The van der Waals surface area contributed by atoms with Gasteiger partial charge in [-0.3, -0.25) is 0 Å². The largest absolute Gasteiger partial charge is 0.515 e. The maximum absolute atomic E-state index is 12.4. The lowest BCUT2D eigenvalue weighted by atomic mass is 9.82. The average Bonchev–Trinajstić information content (AvgIpc) is 2.55. The third kappa shape index (κ3) is 3.88. The number of benzene rings is 1. The van der Waals surface area contributed by atoms with Crippen LogP contribution in [0.3, 0.4) is 0 Å². The maximum atomic E-state index is 12.4. The van der Waals surface area contributed by atoms with Crippen LogP contribution in [0.5, 0.6) is 0 Å². The average molecular weight is 331 g/mol. The van der Waals surface area contributed by atoms with E-state index in [1.54, 1.807) is 18.2 Å². The molecule has 1 N–H and O–H groups in total. The van der Waals surface area contributed by atoms with Crippen molar-refractivity contribution in [2.24, 2.45) is 5.41 Å². The number of allylic oxidation sites excluding steroid dienone is 5. The maximum Gasteiger partial charge on any atom is 0.515 e. The van der Waals surface area contributed by atoms with Gasteiger partial charge in [0.1, 0.15) is 0 Å². The van der Waals surface area contributed by atoms with Gasteiger partial charge in [-0.05, 0) is 25.0 Å². The molecule has 0 atom stereocenters. The van der Waals surface area contributed by atoms with Gasteiger partial charge in [0.05, 0.1) is 4.90 Å². The Kier molecular flexibility index (Phi) is 5.02. The molecule has 0 fully saturated rings. The van der Waals surface area contributed by atoms with E-state index in [9.17, 15) is 13.5 Å². The Morgan fingerprint density at radius 1 is 1.26 bits per heavy atom. The second kappa shape index (κ2) is 6.80. The summed E-state index contributed by atoms with van der Waals surface area (Å²) in [5, 5.41) is 18.5. The molecule has 1 aliphatic rings.